The zero-order valence-electron chi connectivity index (χ0n) is 17.4. The second-order valence-electron chi connectivity index (χ2n) is 7.51. The Morgan fingerprint density at radius 1 is 0.688 bits per heavy atom. The lowest BCUT2D eigenvalue weighted by atomic mass is 9.96. The molecule has 32 heavy (non-hydrogen) atoms. The third kappa shape index (κ3) is 5.44. The highest BCUT2D eigenvalue weighted by molar-refractivity contribution is 6.02. The minimum Gasteiger partial charge on any atom is -0.485 e. The van der Waals surface area contributed by atoms with Crippen molar-refractivity contribution in [3.05, 3.63) is 95.6 Å². The Balaban J connectivity index is 1.52. The van der Waals surface area contributed by atoms with Gasteiger partial charge in [0.25, 0.3) is 0 Å². The highest BCUT2D eigenvalue weighted by atomic mass is 16.5. The van der Waals surface area contributed by atoms with Crippen LogP contribution in [0.15, 0.2) is 78.9 Å². The Morgan fingerprint density at radius 3 is 1.78 bits per heavy atom. The molecule has 1 aliphatic rings. The number of carbonyl (C=O) groups is 2. The summed E-state index contributed by atoms with van der Waals surface area (Å²) in [4.78, 5) is 24.3. The minimum absolute atomic E-state index is 0.172. The van der Waals surface area contributed by atoms with E-state index in [0.717, 1.165) is 16.7 Å². The molecule has 3 aromatic rings. The lowest BCUT2D eigenvalue weighted by molar-refractivity contribution is -0.145. The molecule has 0 radical (unpaired) electrons. The van der Waals surface area contributed by atoms with Crippen LogP contribution in [0.25, 0.3) is 0 Å². The smallest absolute Gasteiger partial charge is 0.236 e. The van der Waals surface area contributed by atoms with Crippen molar-refractivity contribution in [1.29, 1.82) is 0 Å². The highest BCUT2D eigenvalue weighted by Crippen LogP contribution is 2.31. The van der Waals surface area contributed by atoms with Crippen LogP contribution in [-0.2, 0) is 29.2 Å². The first-order chi connectivity index (χ1) is 15.6. The third-order valence-electron chi connectivity index (χ3n) is 5.11. The number of rotatable bonds is 8. The molecule has 7 nitrogen and oxygen atoms in total. The van der Waals surface area contributed by atoms with Crippen molar-refractivity contribution >= 4 is 11.8 Å². The molecule has 7 heteroatoms. The van der Waals surface area contributed by atoms with Gasteiger partial charge in [-0.15, -0.1) is 0 Å². The van der Waals surface area contributed by atoms with Crippen molar-refractivity contribution in [2.75, 3.05) is 0 Å². The van der Waals surface area contributed by atoms with E-state index in [9.17, 15) is 14.7 Å². The molecule has 3 aromatic carbocycles. The van der Waals surface area contributed by atoms with Gasteiger partial charge in [0.2, 0.25) is 18.2 Å². The van der Waals surface area contributed by atoms with Gasteiger partial charge >= 0.3 is 0 Å². The molecular weight excluding hydrogens is 408 g/mol. The topological polar surface area (TPSA) is 96.9 Å². The maximum absolute atomic E-state index is 12.2. The molecule has 0 atom stereocenters. The Labute approximate surface area is 186 Å². The maximum atomic E-state index is 12.2. The van der Waals surface area contributed by atoms with Crippen LogP contribution in [0.4, 0.5) is 0 Å². The van der Waals surface area contributed by atoms with Crippen LogP contribution in [-0.4, -0.2) is 23.3 Å². The molecule has 1 fully saturated rings. The molecule has 1 heterocycles. The normalized spacial score (nSPS) is 17.9. The number of carbonyl (C=O) groups excluding carboxylic acids is 2. The molecule has 164 valence electrons. The average molecular weight is 432 g/mol. The summed E-state index contributed by atoms with van der Waals surface area (Å²) in [7, 11) is 0. The first kappa shape index (κ1) is 21.4. The van der Waals surface area contributed by atoms with E-state index in [1.165, 1.54) is 0 Å². The fourth-order valence-electron chi connectivity index (χ4n) is 3.43. The number of aliphatic hydroxyl groups is 1. The van der Waals surface area contributed by atoms with Crippen molar-refractivity contribution in [2.45, 2.75) is 26.0 Å². The van der Waals surface area contributed by atoms with Gasteiger partial charge in [-0.2, -0.15) is 0 Å². The van der Waals surface area contributed by atoms with Crippen molar-refractivity contribution in [3.8, 4) is 11.5 Å². The number of nitrogens with one attached hydrogen (secondary N) is 2. The standard InChI is InChI=1S/C25H24N2O5/c28-23-20(24(29)27-25(30)26-23)13-19-11-12-21(31-15-17-7-3-1-4-8-17)22(14-19)32-16-18-9-5-2-6-10-18/h1-12,14,20,25,30H,13,15-16H2,(H,26,28)(H,27,29). The molecule has 1 saturated heterocycles. The summed E-state index contributed by atoms with van der Waals surface area (Å²) < 4.78 is 12.0. The number of hydrogen-bond donors (Lipinski definition) is 3. The Hall–Kier alpha value is -3.84. The van der Waals surface area contributed by atoms with Crippen LogP contribution in [0.5, 0.6) is 11.5 Å². The van der Waals surface area contributed by atoms with Crippen LogP contribution in [0.2, 0.25) is 0 Å². The van der Waals surface area contributed by atoms with E-state index in [-0.39, 0.29) is 6.42 Å². The molecule has 2 amide bonds. The fraction of sp³-hybridized carbons (Fsp3) is 0.200. The summed E-state index contributed by atoms with van der Waals surface area (Å²) in [5, 5.41) is 14.1. The van der Waals surface area contributed by atoms with E-state index < -0.39 is 24.1 Å². The predicted octanol–water partition coefficient (Wildman–Crippen LogP) is 2.53. The average Bonchev–Trinajstić information content (AvgIpc) is 2.80. The largest absolute Gasteiger partial charge is 0.485 e. The van der Waals surface area contributed by atoms with Crippen molar-refractivity contribution < 1.29 is 24.2 Å². The first-order valence-corrected chi connectivity index (χ1v) is 10.3. The fourth-order valence-corrected chi connectivity index (χ4v) is 3.43. The zero-order valence-corrected chi connectivity index (χ0v) is 17.4. The molecule has 0 unspecified atom stereocenters. The van der Waals surface area contributed by atoms with E-state index in [0.29, 0.717) is 24.7 Å². The number of aliphatic hydroxyl groups excluding tert-OH is 1. The molecule has 0 spiro atoms. The summed E-state index contributed by atoms with van der Waals surface area (Å²) in [5.74, 6) is -0.869. The Kier molecular flexibility index (Phi) is 6.67. The van der Waals surface area contributed by atoms with Crippen molar-refractivity contribution in [2.24, 2.45) is 5.92 Å². The van der Waals surface area contributed by atoms with Crippen molar-refractivity contribution in [1.82, 2.24) is 10.6 Å². The van der Waals surface area contributed by atoms with Gasteiger partial charge in [0.1, 0.15) is 19.1 Å². The number of hydrogen-bond acceptors (Lipinski definition) is 5. The van der Waals surface area contributed by atoms with Crippen LogP contribution in [0, 0.1) is 5.92 Å². The van der Waals surface area contributed by atoms with E-state index in [1.807, 2.05) is 60.7 Å². The summed E-state index contributed by atoms with van der Waals surface area (Å²) in [6.45, 7) is 0.732. The molecule has 3 N–H and O–H groups in total. The SMILES string of the molecule is O=C1NC(O)NC(=O)C1Cc1ccc(OCc2ccccc2)c(OCc2ccccc2)c1. The number of ether oxygens (including phenoxy) is 2. The van der Waals surface area contributed by atoms with Gasteiger partial charge < -0.3 is 25.2 Å². The zero-order chi connectivity index (χ0) is 22.3. The van der Waals surface area contributed by atoms with Crippen molar-refractivity contribution in [3.63, 3.8) is 0 Å². The molecule has 4 rings (SSSR count). The van der Waals surface area contributed by atoms with Crippen LogP contribution in [0.3, 0.4) is 0 Å². The monoisotopic (exact) mass is 432 g/mol. The van der Waals surface area contributed by atoms with Gasteiger partial charge in [-0.3, -0.25) is 9.59 Å². The Bertz CT molecular complexity index is 1050. The molecule has 0 aliphatic carbocycles. The maximum Gasteiger partial charge on any atom is 0.236 e. The van der Waals surface area contributed by atoms with Crippen LogP contribution in [0.1, 0.15) is 16.7 Å². The van der Waals surface area contributed by atoms with Gasteiger partial charge in [0.05, 0.1) is 0 Å². The lowest BCUT2D eigenvalue weighted by Crippen LogP contribution is -2.59. The van der Waals surface area contributed by atoms with Gasteiger partial charge in [-0.05, 0) is 35.2 Å². The first-order valence-electron chi connectivity index (χ1n) is 10.3. The second-order valence-corrected chi connectivity index (χ2v) is 7.51. The number of benzene rings is 3. The van der Waals surface area contributed by atoms with Gasteiger partial charge in [0.15, 0.2) is 11.5 Å². The molecule has 0 aromatic heterocycles. The predicted molar refractivity (Wildman–Crippen MR) is 117 cm³/mol. The number of amides is 2. The van der Waals surface area contributed by atoms with E-state index >= 15 is 0 Å². The molecule has 1 aliphatic heterocycles. The second kappa shape index (κ2) is 9.98. The Morgan fingerprint density at radius 2 is 1.22 bits per heavy atom. The van der Waals surface area contributed by atoms with E-state index in [1.54, 1.807) is 18.2 Å². The third-order valence-corrected chi connectivity index (χ3v) is 5.11. The molecular formula is C25H24N2O5. The van der Waals surface area contributed by atoms with Gasteiger partial charge in [0, 0.05) is 0 Å². The van der Waals surface area contributed by atoms with Gasteiger partial charge in [-0.1, -0.05) is 66.7 Å². The summed E-state index contributed by atoms with van der Waals surface area (Å²) >= 11 is 0. The molecule has 0 bridgehead atoms. The van der Waals surface area contributed by atoms with E-state index in [2.05, 4.69) is 10.6 Å². The quantitative estimate of drug-likeness (QED) is 0.476. The summed E-state index contributed by atoms with van der Waals surface area (Å²) in [6, 6.07) is 24.9. The van der Waals surface area contributed by atoms with E-state index in [4.69, 9.17) is 9.47 Å². The summed E-state index contributed by atoms with van der Waals surface area (Å²) in [6.07, 6.45) is -1.19. The minimum atomic E-state index is -1.36. The van der Waals surface area contributed by atoms with Crippen LogP contribution >= 0.6 is 0 Å². The molecule has 0 saturated carbocycles. The van der Waals surface area contributed by atoms with Crippen LogP contribution < -0.4 is 20.1 Å². The highest BCUT2D eigenvalue weighted by Gasteiger charge is 2.34. The van der Waals surface area contributed by atoms with Gasteiger partial charge in [-0.25, -0.2) is 0 Å². The summed E-state index contributed by atoms with van der Waals surface area (Å²) in [5.41, 5.74) is 2.78. The lowest BCUT2D eigenvalue weighted by Gasteiger charge is -2.26.